The highest BCUT2D eigenvalue weighted by Crippen LogP contribution is 2.11. The summed E-state index contributed by atoms with van der Waals surface area (Å²) in [7, 11) is 0. The molecule has 0 aliphatic carbocycles. The SMILES string of the molecule is [2H]CCCCCCCCCCCC(=O)N[C@H](C(=O)O)[C@@H](C)CC. The van der Waals surface area contributed by atoms with Gasteiger partial charge >= 0.3 is 5.97 Å². The molecule has 0 rings (SSSR count). The quantitative estimate of drug-likeness (QED) is 0.463. The predicted molar refractivity (Wildman–Crippen MR) is 90.9 cm³/mol. The second-order valence-corrected chi connectivity index (χ2v) is 6.20. The molecule has 0 heterocycles. The fourth-order valence-electron chi connectivity index (χ4n) is 2.45. The summed E-state index contributed by atoms with van der Waals surface area (Å²) >= 11 is 0. The van der Waals surface area contributed by atoms with E-state index in [1.54, 1.807) is 0 Å². The summed E-state index contributed by atoms with van der Waals surface area (Å²) < 4.78 is 7.06. The third kappa shape index (κ3) is 10.6. The molecule has 22 heavy (non-hydrogen) atoms. The van der Waals surface area contributed by atoms with Crippen LogP contribution in [0.3, 0.4) is 0 Å². The van der Waals surface area contributed by atoms with Crippen molar-refractivity contribution in [2.45, 2.75) is 97.4 Å². The van der Waals surface area contributed by atoms with Crippen molar-refractivity contribution in [3.05, 3.63) is 0 Å². The van der Waals surface area contributed by atoms with E-state index in [9.17, 15) is 9.59 Å². The standard InChI is InChI=1S/C18H35NO3/c1-4-6-7-8-9-10-11-12-13-14-16(20)19-17(18(21)22)15(3)5-2/h15,17H,4-14H2,1-3H3,(H,19,20)(H,21,22)/t15-,17-/m0/s1/i1D. The second-order valence-electron chi connectivity index (χ2n) is 6.20. The zero-order valence-electron chi connectivity index (χ0n) is 15.4. The molecule has 0 spiro atoms. The van der Waals surface area contributed by atoms with Gasteiger partial charge in [-0.3, -0.25) is 4.79 Å². The van der Waals surface area contributed by atoms with Crippen LogP contribution in [0, 0.1) is 5.92 Å². The first-order valence-electron chi connectivity index (χ1n) is 9.55. The molecule has 0 unspecified atom stereocenters. The smallest absolute Gasteiger partial charge is 0.326 e. The fourth-order valence-corrected chi connectivity index (χ4v) is 2.45. The molecule has 4 heteroatoms. The zero-order valence-corrected chi connectivity index (χ0v) is 14.4. The lowest BCUT2D eigenvalue weighted by Gasteiger charge is -2.20. The van der Waals surface area contributed by atoms with Crippen LogP contribution in [-0.2, 0) is 9.59 Å². The largest absolute Gasteiger partial charge is 0.480 e. The molecule has 2 N–H and O–H groups in total. The molecule has 1 amide bonds. The number of aliphatic carboxylic acids is 1. The van der Waals surface area contributed by atoms with Crippen molar-refractivity contribution in [3.8, 4) is 0 Å². The van der Waals surface area contributed by atoms with Gasteiger partial charge in [0.15, 0.2) is 0 Å². The summed E-state index contributed by atoms with van der Waals surface area (Å²) in [4.78, 5) is 23.0. The van der Waals surface area contributed by atoms with Gasteiger partial charge in [-0.25, -0.2) is 4.79 Å². The molecule has 0 radical (unpaired) electrons. The second kappa shape index (κ2) is 13.6. The minimum atomic E-state index is -0.946. The summed E-state index contributed by atoms with van der Waals surface area (Å²) in [5.74, 6) is -1.14. The topological polar surface area (TPSA) is 66.4 Å². The van der Waals surface area contributed by atoms with Crippen LogP contribution in [0.2, 0.25) is 0 Å². The van der Waals surface area contributed by atoms with Crippen LogP contribution in [0.15, 0.2) is 0 Å². The number of nitrogens with one attached hydrogen (secondary N) is 1. The number of hydrogen-bond acceptors (Lipinski definition) is 2. The maximum Gasteiger partial charge on any atom is 0.326 e. The molecule has 0 aromatic heterocycles. The number of unbranched alkanes of at least 4 members (excludes halogenated alkanes) is 8. The first-order valence-corrected chi connectivity index (χ1v) is 8.84. The van der Waals surface area contributed by atoms with Gasteiger partial charge in [0.05, 0.1) is 0 Å². The van der Waals surface area contributed by atoms with E-state index < -0.39 is 12.0 Å². The lowest BCUT2D eigenvalue weighted by molar-refractivity contribution is -0.143. The number of carboxylic acids is 1. The van der Waals surface area contributed by atoms with Gasteiger partial charge in [0.1, 0.15) is 6.04 Å². The molecular weight excluding hydrogens is 278 g/mol. The normalized spacial score (nSPS) is 14.2. The van der Waals surface area contributed by atoms with Gasteiger partial charge < -0.3 is 10.4 Å². The first kappa shape index (κ1) is 19.0. The van der Waals surface area contributed by atoms with Gasteiger partial charge in [-0.15, -0.1) is 0 Å². The van der Waals surface area contributed by atoms with E-state index in [0.717, 1.165) is 32.1 Å². The monoisotopic (exact) mass is 314 g/mol. The van der Waals surface area contributed by atoms with Crippen LogP contribution in [0.25, 0.3) is 0 Å². The fraction of sp³-hybridized carbons (Fsp3) is 0.889. The van der Waals surface area contributed by atoms with Crippen molar-refractivity contribution < 1.29 is 16.1 Å². The van der Waals surface area contributed by atoms with E-state index in [-0.39, 0.29) is 11.8 Å². The van der Waals surface area contributed by atoms with E-state index >= 15 is 0 Å². The van der Waals surface area contributed by atoms with Crippen LogP contribution in [0.5, 0.6) is 0 Å². The summed E-state index contributed by atoms with van der Waals surface area (Å²) in [6.45, 7) is 4.32. The van der Waals surface area contributed by atoms with Crippen LogP contribution in [0.1, 0.15) is 92.7 Å². The van der Waals surface area contributed by atoms with Crippen molar-refractivity contribution in [3.63, 3.8) is 0 Å². The van der Waals surface area contributed by atoms with Gasteiger partial charge in [-0.1, -0.05) is 78.5 Å². The van der Waals surface area contributed by atoms with E-state index in [1.807, 2.05) is 13.8 Å². The number of rotatable bonds is 14. The molecule has 0 aliphatic heterocycles. The van der Waals surface area contributed by atoms with E-state index in [0.29, 0.717) is 13.3 Å². The van der Waals surface area contributed by atoms with Gasteiger partial charge in [0, 0.05) is 7.79 Å². The summed E-state index contributed by atoms with van der Waals surface area (Å²) in [6, 6.07) is -0.767. The number of carbonyl (C=O) groups excluding carboxylic acids is 1. The average Bonchev–Trinajstić information content (AvgIpc) is 2.53. The molecule has 0 saturated carbocycles. The molecule has 0 aromatic rings. The minimum Gasteiger partial charge on any atom is -0.480 e. The van der Waals surface area contributed by atoms with Crippen molar-refractivity contribution >= 4 is 11.9 Å². The lowest BCUT2D eigenvalue weighted by atomic mass is 9.99. The van der Waals surface area contributed by atoms with Gasteiger partial charge in [0.25, 0.3) is 0 Å². The molecule has 0 bridgehead atoms. The van der Waals surface area contributed by atoms with E-state index in [1.165, 1.54) is 32.1 Å². The molecule has 0 aromatic carbocycles. The van der Waals surface area contributed by atoms with Gasteiger partial charge in [0.2, 0.25) is 5.91 Å². The Morgan fingerprint density at radius 3 is 2.09 bits per heavy atom. The summed E-state index contributed by atoms with van der Waals surface area (Å²) in [5.41, 5.74) is 0. The summed E-state index contributed by atoms with van der Waals surface area (Å²) in [6.07, 6.45) is 11.3. The molecule has 4 nitrogen and oxygen atoms in total. The lowest BCUT2D eigenvalue weighted by Crippen LogP contribution is -2.44. The number of amides is 1. The highest BCUT2D eigenvalue weighted by molar-refractivity contribution is 5.83. The van der Waals surface area contributed by atoms with Gasteiger partial charge in [-0.2, -0.15) is 0 Å². The van der Waals surface area contributed by atoms with Gasteiger partial charge in [-0.05, 0) is 12.3 Å². The Morgan fingerprint density at radius 2 is 1.59 bits per heavy atom. The van der Waals surface area contributed by atoms with Crippen molar-refractivity contribution in [1.29, 1.82) is 0 Å². The number of carboxylic acid groups (broad SMARTS) is 1. The Kier molecular flexibility index (Phi) is 11.7. The third-order valence-corrected chi connectivity index (χ3v) is 4.20. The molecule has 0 aliphatic rings. The minimum absolute atomic E-state index is 0.0495. The predicted octanol–water partition coefficient (Wildman–Crippen LogP) is 4.52. The first-order chi connectivity index (χ1) is 11.0. The zero-order chi connectivity index (χ0) is 17.5. The Balaban J connectivity index is 3.61. The maximum atomic E-state index is 11.8. The van der Waals surface area contributed by atoms with E-state index in [2.05, 4.69) is 5.32 Å². The Bertz CT molecular complexity index is 323. The van der Waals surface area contributed by atoms with Crippen LogP contribution in [-0.4, -0.2) is 23.0 Å². The molecule has 2 atom stereocenters. The summed E-state index contributed by atoms with van der Waals surface area (Å²) in [5, 5.41) is 11.8. The van der Waals surface area contributed by atoms with Crippen molar-refractivity contribution in [1.82, 2.24) is 5.32 Å². The van der Waals surface area contributed by atoms with Crippen LogP contribution in [0.4, 0.5) is 0 Å². The maximum absolute atomic E-state index is 11.8. The highest BCUT2D eigenvalue weighted by Gasteiger charge is 2.24. The highest BCUT2D eigenvalue weighted by atomic mass is 16.4. The van der Waals surface area contributed by atoms with E-state index in [4.69, 9.17) is 6.48 Å². The molecule has 0 saturated heterocycles. The number of hydrogen-bond donors (Lipinski definition) is 2. The third-order valence-electron chi connectivity index (χ3n) is 4.20. The van der Waals surface area contributed by atoms with Crippen LogP contribution >= 0.6 is 0 Å². The average molecular weight is 314 g/mol. The molecule has 130 valence electrons. The molecular formula is C18H35NO3. The Morgan fingerprint density at radius 1 is 1.05 bits per heavy atom. The van der Waals surface area contributed by atoms with Crippen molar-refractivity contribution in [2.75, 3.05) is 0 Å². The van der Waals surface area contributed by atoms with Crippen LogP contribution < -0.4 is 5.32 Å². The van der Waals surface area contributed by atoms with Crippen molar-refractivity contribution in [2.24, 2.45) is 5.92 Å². The number of carbonyl (C=O) groups is 2. The molecule has 0 fully saturated rings. The Labute approximate surface area is 137 Å². The Hall–Kier alpha value is -1.06.